The van der Waals surface area contributed by atoms with E-state index in [2.05, 4.69) is 36.1 Å². The lowest BCUT2D eigenvalue weighted by atomic mass is 10.2. The van der Waals surface area contributed by atoms with Crippen LogP contribution in [0.25, 0.3) is 11.5 Å². The van der Waals surface area contributed by atoms with Crippen LogP contribution >= 0.6 is 0 Å². The molecule has 0 unspecified atom stereocenters. The molecule has 0 N–H and O–H groups in total. The lowest BCUT2D eigenvalue weighted by molar-refractivity contribution is 0.241. The summed E-state index contributed by atoms with van der Waals surface area (Å²) in [6.07, 6.45) is 4.88. The van der Waals surface area contributed by atoms with Gasteiger partial charge in [-0.25, -0.2) is 0 Å². The molecule has 0 aromatic carbocycles. The summed E-state index contributed by atoms with van der Waals surface area (Å²) >= 11 is 0. The Morgan fingerprint density at radius 2 is 1.81 bits per heavy atom. The van der Waals surface area contributed by atoms with Crippen molar-refractivity contribution in [3.63, 3.8) is 0 Å². The number of hydrogen-bond acceptors (Lipinski definition) is 8. The van der Waals surface area contributed by atoms with Gasteiger partial charge in [0.1, 0.15) is 11.3 Å². The average Bonchev–Trinajstić information content (AvgIpc) is 3.18. The summed E-state index contributed by atoms with van der Waals surface area (Å²) in [6, 6.07) is 4.12. The minimum atomic E-state index is 0.481. The van der Waals surface area contributed by atoms with Crippen molar-refractivity contribution in [2.45, 2.75) is 33.4 Å². The van der Waals surface area contributed by atoms with E-state index in [-0.39, 0.29) is 0 Å². The summed E-state index contributed by atoms with van der Waals surface area (Å²) in [5.74, 6) is 1.88. The first-order valence-electron chi connectivity index (χ1n) is 9.28. The van der Waals surface area contributed by atoms with Crippen molar-refractivity contribution in [1.82, 2.24) is 30.1 Å². The van der Waals surface area contributed by atoms with Gasteiger partial charge < -0.3 is 9.05 Å². The molecule has 0 atom stereocenters. The van der Waals surface area contributed by atoms with Gasteiger partial charge in [0.05, 0.1) is 12.2 Å². The predicted molar refractivity (Wildman–Crippen MR) is 98.7 cm³/mol. The Bertz CT molecular complexity index is 856. The van der Waals surface area contributed by atoms with Gasteiger partial charge in [0.2, 0.25) is 0 Å². The quantitative estimate of drug-likeness (QED) is 0.679. The van der Waals surface area contributed by atoms with Gasteiger partial charge in [-0.15, -0.1) is 0 Å². The van der Waals surface area contributed by atoms with Gasteiger partial charge in [0, 0.05) is 32.0 Å². The van der Waals surface area contributed by atoms with Crippen LogP contribution in [0.5, 0.6) is 0 Å². The number of aromatic nitrogens is 4. The topological polar surface area (TPSA) is 84.3 Å². The Labute approximate surface area is 158 Å². The maximum atomic E-state index is 5.44. The highest BCUT2D eigenvalue weighted by Gasteiger charge is 2.21. The van der Waals surface area contributed by atoms with E-state index >= 15 is 0 Å². The smallest absolute Gasteiger partial charge is 0.263 e. The maximum absolute atomic E-state index is 5.44. The monoisotopic (exact) mass is 368 g/mol. The molecule has 8 nitrogen and oxygen atoms in total. The van der Waals surface area contributed by atoms with Crippen LogP contribution in [0.2, 0.25) is 0 Å². The summed E-state index contributed by atoms with van der Waals surface area (Å²) in [4.78, 5) is 13.6. The molecule has 0 saturated carbocycles. The van der Waals surface area contributed by atoms with E-state index in [0.717, 1.165) is 50.4 Å². The zero-order chi connectivity index (χ0) is 18.6. The molecule has 1 aliphatic rings. The van der Waals surface area contributed by atoms with Crippen molar-refractivity contribution in [1.29, 1.82) is 0 Å². The van der Waals surface area contributed by atoms with Crippen LogP contribution in [-0.2, 0) is 13.1 Å². The molecule has 4 heterocycles. The van der Waals surface area contributed by atoms with E-state index in [1.807, 2.05) is 32.3 Å². The second-order valence-electron chi connectivity index (χ2n) is 6.98. The Morgan fingerprint density at radius 1 is 1.00 bits per heavy atom. The SMILES string of the molecule is Cc1noc(C)c1-c1nc(CN2CCCN(Cc3cccnc3)CC2)no1. The fourth-order valence-corrected chi connectivity index (χ4v) is 3.50. The fourth-order valence-electron chi connectivity index (χ4n) is 3.50. The van der Waals surface area contributed by atoms with Gasteiger partial charge in [0.25, 0.3) is 5.89 Å². The van der Waals surface area contributed by atoms with Crippen LogP contribution in [-0.4, -0.2) is 56.3 Å². The molecule has 142 valence electrons. The van der Waals surface area contributed by atoms with Crippen LogP contribution < -0.4 is 0 Å². The molecule has 27 heavy (non-hydrogen) atoms. The number of nitrogens with zero attached hydrogens (tertiary/aromatic N) is 6. The first-order valence-corrected chi connectivity index (χ1v) is 9.28. The first kappa shape index (κ1) is 17.8. The molecule has 1 aliphatic heterocycles. The van der Waals surface area contributed by atoms with Crippen LogP contribution in [0.1, 0.15) is 29.3 Å². The lowest BCUT2D eigenvalue weighted by Gasteiger charge is -2.20. The standard InChI is InChI=1S/C19H24N6O2/c1-14-18(15(2)26-22-14)19-21-17(23-27-19)13-25-8-4-7-24(9-10-25)12-16-5-3-6-20-11-16/h3,5-6,11H,4,7-10,12-13H2,1-2H3. The molecule has 0 spiro atoms. The van der Waals surface area contributed by atoms with E-state index in [1.54, 1.807) is 0 Å². The second-order valence-corrected chi connectivity index (χ2v) is 6.98. The summed E-state index contributed by atoms with van der Waals surface area (Å²) in [6.45, 7) is 9.47. The van der Waals surface area contributed by atoms with Crippen molar-refractivity contribution in [2.75, 3.05) is 26.2 Å². The van der Waals surface area contributed by atoms with Gasteiger partial charge in [0.15, 0.2) is 5.82 Å². The number of rotatable bonds is 5. The molecule has 3 aromatic heterocycles. The minimum absolute atomic E-state index is 0.481. The highest BCUT2D eigenvalue weighted by atomic mass is 16.5. The highest BCUT2D eigenvalue weighted by molar-refractivity contribution is 5.57. The van der Waals surface area contributed by atoms with Crippen LogP contribution in [0.4, 0.5) is 0 Å². The van der Waals surface area contributed by atoms with Gasteiger partial charge in [-0.1, -0.05) is 16.4 Å². The molecular formula is C19H24N6O2. The van der Waals surface area contributed by atoms with Gasteiger partial charge in [-0.05, 0) is 45.0 Å². The average molecular weight is 368 g/mol. The summed E-state index contributed by atoms with van der Waals surface area (Å²) < 4.78 is 10.6. The van der Waals surface area contributed by atoms with Crippen molar-refractivity contribution in [3.05, 3.63) is 47.4 Å². The third-order valence-corrected chi connectivity index (χ3v) is 4.89. The summed E-state index contributed by atoms with van der Waals surface area (Å²) in [5.41, 5.74) is 2.82. The zero-order valence-corrected chi connectivity index (χ0v) is 15.8. The Balaban J connectivity index is 1.35. The normalized spacial score (nSPS) is 16.5. The molecule has 0 bridgehead atoms. The maximum Gasteiger partial charge on any atom is 0.263 e. The number of pyridine rings is 1. The third-order valence-electron chi connectivity index (χ3n) is 4.89. The molecule has 0 radical (unpaired) electrons. The van der Waals surface area contributed by atoms with Crippen molar-refractivity contribution in [2.24, 2.45) is 0 Å². The van der Waals surface area contributed by atoms with E-state index in [4.69, 9.17) is 9.05 Å². The molecule has 0 amide bonds. The molecule has 0 aliphatic carbocycles. The van der Waals surface area contributed by atoms with Crippen molar-refractivity contribution in [3.8, 4) is 11.5 Å². The van der Waals surface area contributed by atoms with Crippen molar-refractivity contribution < 1.29 is 9.05 Å². The van der Waals surface area contributed by atoms with E-state index in [1.165, 1.54) is 5.56 Å². The Kier molecular flexibility index (Phi) is 5.26. The third kappa shape index (κ3) is 4.23. The van der Waals surface area contributed by atoms with E-state index in [0.29, 0.717) is 24.0 Å². The minimum Gasteiger partial charge on any atom is -0.361 e. The predicted octanol–water partition coefficient (Wildman–Crippen LogP) is 2.44. The van der Waals surface area contributed by atoms with Gasteiger partial charge in [-0.2, -0.15) is 4.98 Å². The van der Waals surface area contributed by atoms with Gasteiger partial charge >= 0.3 is 0 Å². The van der Waals surface area contributed by atoms with E-state index in [9.17, 15) is 0 Å². The van der Waals surface area contributed by atoms with Gasteiger partial charge in [-0.3, -0.25) is 14.8 Å². The summed E-state index contributed by atoms with van der Waals surface area (Å²) in [7, 11) is 0. The fraction of sp³-hybridized carbons (Fsp3) is 0.474. The second kappa shape index (κ2) is 7.98. The molecule has 1 saturated heterocycles. The first-order chi connectivity index (χ1) is 13.2. The van der Waals surface area contributed by atoms with Crippen molar-refractivity contribution >= 4 is 0 Å². The Morgan fingerprint density at radius 3 is 2.52 bits per heavy atom. The highest BCUT2D eigenvalue weighted by Crippen LogP contribution is 2.25. The molecule has 8 heteroatoms. The number of hydrogen-bond donors (Lipinski definition) is 0. The molecular weight excluding hydrogens is 344 g/mol. The molecule has 4 rings (SSSR count). The van der Waals surface area contributed by atoms with Crippen LogP contribution in [0.3, 0.4) is 0 Å². The molecule has 1 fully saturated rings. The number of aryl methyl sites for hydroxylation is 2. The van der Waals surface area contributed by atoms with E-state index < -0.39 is 0 Å². The zero-order valence-electron chi connectivity index (χ0n) is 15.8. The Hall–Kier alpha value is -2.58. The summed E-state index contributed by atoms with van der Waals surface area (Å²) in [5, 5.41) is 8.10. The lowest BCUT2D eigenvalue weighted by Crippen LogP contribution is -2.30. The van der Waals surface area contributed by atoms with Crippen LogP contribution in [0.15, 0.2) is 33.6 Å². The largest absolute Gasteiger partial charge is 0.361 e. The van der Waals surface area contributed by atoms with Crippen LogP contribution in [0, 0.1) is 13.8 Å². The molecule has 3 aromatic rings.